The fraction of sp³-hybridized carbons (Fsp3) is 0.273. The summed E-state index contributed by atoms with van der Waals surface area (Å²) in [6.45, 7) is 7.43. The van der Waals surface area contributed by atoms with Crippen LogP contribution >= 0.6 is 11.3 Å². The number of hydrogen-bond donors (Lipinski definition) is 2. The summed E-state index contributed by atoms with van der Waals surface area (Å²) in [6.07, 6.45) is 0.294. The first kappa shape index (κ1) is 29.8. The maximum absolute atomic E-state index is 16.3. The number of allylic oxidation sites excluding steroid dienone is 1. The van der Waals surface area contributed by atoms with E-state index in [0.717, 1.165) is 5.56 Å². The summed E-state index contributed by atoms with van der Waals surface area (Å²) in [4.78, 5) is 20.7. The number of rotatable bonds is 5. The summed E-state index contributed by atoms with van der Waals surface area (Å²) in [5, 5.41) is 14.8. The number of carbonyl (C=O) groups is 1. The van der Waals surface area contributed by atoms with Gasteiger partial charge in [-0.05, 0) is 55.5 Å². The van der Waals surface area contributed by atoms with Crippen LogP contribution in [0.5, 0.6) is 11.5 Å². The topological polar surface area (TPSA) is 109 Å². The molecule has 3 aromatic carbocycles. The molecule has 1 aromatic heterocycles. The molecule has 0 radical (unpaired) electrons. The first-order valence-electron chi connectivity index (χ1n) is 14.1. The van der Waals surface area contributed by atoms with Crippen molar-refractivity contribution in [1.29, 1.82) is 0 Å². The van der Waals surface area contributed by atoms with Crippen LogP contribution in [0.15, 0.2) is 77.3 Å². The SMILES string of the molecule is Cc1nc(C(=O)N2c3cccc(O)c3NC3=C(C2c2ccc(OCc4ccccc4)cc2F)S(=O)(=O)CC(C)(C)C3)c(C)s1. The second kappa shape index (κ2) is 11.0. The minimum absolute atomic E-state index is 0.0243. The highest BCUT2D eigenvalue weighted by molar-refractivity contribution is 7.95. The monoisotopic (exact) mass is 633 g/mol. The van der Waals surface area contributed by atoms with Gasteiger partial charge in [0.1, 0.15) is 41.3 Å². The van der Waals surface area contributed by atoms with Crippen molar-refractivity contribution in [3.8, 4) is 11.5 Å². The number of phenols is 1. The van der Waals surface area contributed by atoms with Crippen LogP contribution in [-0.4, -0.2) is 30.2 Å². The van der Waals surface area contributed by atoms with Gasteiger partial charge in [-0.1, -0.05) is 50.2 Å². The average Bonchev–Trinajstić information content (AvgIpc) is 3.21. The normalized spacial score (nSPS) is 18.6. The molecule has 1 amide bonds. The standard InChI is InChI=1S/C33H32FN3O5S2/c1-19-28(35-20(2)43-19)32(39)37-26-11-8-12-27(38)29(26)36-25-16-33(3,4)18-44(40,41)31(25)30(37)23-14-13-22(15-24(23)34)42-17-21-9-6-5-7-10-21/h5-15,30,36,38H,16-18H2,1-4H3. The zero-order valence-electron chi connectivity index (χ0n) is 24.7. The predicted octanol–water partition coefficient (Wildman–Crippen LogP) is 7.05. The largest absolute Gasteiger partial charge is 0.506 e. The van der Waals surface area contributed by atoms with Gasteiger partial charge in [-0.3, -0.25) is 9.69 Å². The van der Waals surface area contributed by atoms with Gasteiger partial charge in [0.15, 0.2) is 9.84 Å². The van der Waals surface area contributed by atoms with Crippen LogP contribution < -0.4 is 15.0 Å². The number of benzene rings is 3. The molecule has 44 heavy (non-hydrogen) atoms. The maximum atomic E-state index is 16.3. The van der Waals surface area contributed by atoms with E-state index >= 15 is 4.39 Å². The summed E-state index contributed by atoms with van der Waals surface area (Å²) in [5.74, 6) is -1.46. The van der Waals surface area contributed by atoms with Crippen LogP contribution in [0, 0.1) is 25.1 Å². The fourth-order valence-electron chi connectivity index (χ4n) is 6.01. The number of thiazole rings is 1. The zero-order valence-corrected chi connectivity index (χ0v) is 26.4. The van der Waals surface area contributed by atoms with Gasteiger partial charge in [0.05, 0.1) is 21.4 Å². The molecule has 0 saturated carbocycles. The zero-order chi connectivity index (χ0) is 31.4. The molecule has 8 nitrogen and oxygen atoms in total. The van der Waals surface area contributed by atoms with Crippen molar-refractivity contribution in [2.24, 2.45) is 5.41 Å². The van der Waals surface area contributed by atoms with E-state index in [1.54, 1.807) is 32.0 Å². The van der Waals surface area contributed by atoms with Gasteiger partial charge in [-0.15, -0.1) is 11.3 Å². The molecule has 0 saturated heterocycles. The molecule has 228 valence electrons. The molecule has 2 N–H and O–H groups in total. The van der Waals surface area contributed by atoms with Crippen molar-refractivity contribution in [1.82, 2.24) is 4.98 Å². The van der Waals surface area contributed by atoms with Crippen molar-refractivity contribution in [3.63, 3.8) is 0 Å². The van der Waals surface area contributed by atoms with Crippen LogP contribution in [0.3, 0.4) is 0 Å². The number of nitrogens with zero attached hydrogens (tertiary/aromatic N) is 2. The molecule has 0 fully saturated rings. The van der Waals surface area contributed by atoms with E-state index in [1.165, 1.54) is 34.4 Å². The number of para-hydroxylation sites is 1. The lowest BCUT2D eigenvalue weighted by molar-refractivity contribution is 0.0975. The number of nitrogens with one attached hydrogen (secondary N) is 1. The molecule has 1 atom stereocenters. The number of carbonyl (C=O) groups excluding carboxylic acids is 1. The third-order valence-corrected chi connectivity index (χ3v) is 11.0. The van der Waals surface area contributed by atoms with Crippen molar-refractivity contribution >= 4 is 38.5 Å². The highest BCUT2D eigenvalue weighted by atomic mass is 32.2. The average molecular weight is 634 g/mol. The smallest absolute Gasteiger partial charge is 0.278 e. The van der Waals surface area contributed by atoms with E-state index in [-0.39, 0.29) is 51.4 Å². The van der Waals surface area contributed by atoms with Gasteiger partial charge >= 0.3 is 0 Å². The van der Waals surface area contributed by atoms with Crippen molar-refractivity contribution in [2.45, 2.75) is 46.8 Å². The first-order chi connectivity index (χ1) is 20.8. The van der Waals surface area contributed by atoms with Crippen LogP contribution in [0.2, 0.25) is 0 Å². The summed E-state index contributed by atoms with van der Waals surface area (Å²) in [6, 6.07) is 16.9. The lowest BCUT2D eigenvalue weighted by Gasteiger charge is -2.37. The Morgan fingerprint density at radius 1 is 1.14 bits per heavy atom. The second-order valence-corrected chi connectivity index (χ2v) is 15.3. The molecular formula is C33H32FN3O5S2. The third kappa shape index (κ3) is 5.46. The Labute approximate surface area is 259 Å². The molecule has 1 unspecified atom stereocenters. The Morgan fingerprint density at radius 3 is 2.57 bits per heavy atom. The summed E-state index contributed by atoms with van der Waals surface area (Å²) in [7, 11) is -4.04. The molecule has 4 aromatic rings. The van der Waals surface area contributed by atoms with Gasteiger partial charge in [0, 0.05) is 22.2 Å². The molecular weight excluding hydrogens is 602 g/mol. The lowest BCUT2D eigenvalue weighted by atomic mass is 9.88. The summed E-state index contributed by atoms with van der Waals surface area (Å²) >= 11 is 1.33. The van der Waals surface area contributed by atoms with Crippen LogP contribution in [-0.2, 0) is 16.4 Å². The predicted molar refractivity (Wildman–Crippen MR) is 169 cm³/mol. The van der Waals surface area contributed by atoms with Crippen LogP contribution in [0.1, 0.15) is 57.8 Å². The number of aromatic hydroxyl groups is 1. The minimum atomic E-state index is -4.04. The van der Waals surface area contributed by atoms with E-state index in [2.05, 4.69) is 10.3 Å². The molecule has 11 heteroatoms. The number of halogens is 1. The summed E-state index contributed by atoms with van der Waals surface area (Å²) < 4.78 is 50.5. The number of hydrogen-bond acceptors (Lipinski definition) is 8. The molecule has 6 rings (SSSR count). The number of anilines is 2. The van der Waals surface area contributed by atoms with E-state index < -0.39 is 33.0 Å². The molecule has 0 bridgehead atoms. The molecule has 3 heterocycles. The molecule has 0 aliphatic carbocycles. The Morgan fingerprint density at radius 2 is 1.89 bits per heavy atom. The maximum Gasteiger partial charge on any atom is 0.278 e. The van der Waals surface area contributed by atoms with E-state index in [4.69, 9.17) is 4.74 Å². The van der Waals surface area contributed by atoms with Crippen molar-refractivity contribution in [2.75, 3.05) is 16.0 Å². The van der Waals surface area contributed by atoms with Gasteiger partial charge < -0.3 is 15.2 Å². The highest BCUT2D eigenvalue weighted by Crippen LogP contribution is 2.52. The summed E-state index contributed by atoms with van der Waals surface area (Å²) in [5.41, 5.74) is 1.03. The Bertz CT molecular complexity index is 1920. The Balaban J connectivity index is 1.57. The van der Waals surface area contributed by atoms with E-state index in [9.17, 15) is 18.3 Å². The van der Waals surface area contributed by atoms with Crippen molar-refractivity contribution in [3.05, 3.63) is 110 Å². The first-order valence-corrected chi connectivity index (χ1v) is 16.6. The third-order valence-electron chi connectivity index (χ3n) is 7.77. The van der Waals surface area contributed by atoms with E-state index in [1.807, 2.05) is 44.2 Å². The van der Waals surface area contributed by atoms with Gasteiger partial charge in [0.2, 0.25) is 0 Å². The molecule has 2 aliphatic heterocycles. The second-order valence-electron chi connectivity index (χ2n) is 11.9. The number of aryl methyl sites for hydroxylation is 2. The van der Waals surface area contributed by atoms with Crippen LogP contribution in [0.4, 0.5) is 15.8 Å². The van der Waals surface area contributed by atoms with Gasteiger partial charge in [-0.25, -0.2) is 17.8 Å². The minimum Gasteiger partial charge on any atom is -0.506 e. The quantitative estimate of drug-likeness (QED) is 0.227. The van der Waals surface area contributed by atoms with E-state index in [0.29, 0.717) is 22.0 Å². The number of phenolic OH excluding ortho intramolecular Hbond substituents is 1. The molecule has 0 spiro atoms. The Kier molecular flexibility index (Phi) is 7.49. The Hall–Kier alpha value is -4.22. The number of aromatic nitrogens is 1. The van der Waals surface area contributed by atoms with Crippen molar-refractivity contribution < 1.29 is 27.4 Å². The number of ether oxygens (including phenoxy) is 1. The number of amides is 1. The number of fused-ring (bicyclic) bond motifs is 1. The van der Waals surface area contributed by atoms with Crippen LogP contribution in [0.25, 0.3) is 0 Å². The fourth-order valence-corrected chi connectivity index (χ4v) is 9.18. The lowest BCUT2D eigenvalue weighted by Crippen LogP contribution is -2.41. The number of sulfone groups is 1. The van der Waals surface area contributed by atoms with Gasteiger partial charge in [0.25, 0.3) is 5.91 Å². The van der Waals surface area contributed by atoms with Gasteiger partial charge in [-0.2, -0.15) is 0 Å². The highest BCUT2D eigenvalue weighted by Gasteiger charge is 2.48. The molecule has 2 aliphatic rings.